The van der Waals surface area contributed by atoms with Crippen molar-refractivity contribution in [1.29, 1.82) is 0 Å². The molecular weight excluding hydrogens is 530 g/mol. The predicted molar refractivity (Wildman–Crippen MR) is 130 cm³/mol. The Morgan fingerprint density at radius 1 is 1.06 bits per heavy atom. The Morgan fingerprint density at radius 3 is 2.21 bits per heavy atom. The van der Waals surface area contributed by atoms with Crippen LogP contribution in [-0.2, 0) is 9.53 Å². The standard InChI is InChI=1S/C21H20Cl4N4O5/c1-21(2)18(29(33)19(31)26-11-4-6-13(22)15(24)8-11)28(12-5-7-14(23)16(25)9-12)20(32)27(21)10-17(30)34-3/h4-9,18,33H,10H2,1-3H3,(H,26,31)/t18-/m1/s1. The van der Waals surface area contributed by atoms with Gasteiger partial charge in [-0.15, -0.1) is 0 Å². The Kier molecular flexibility index (Phi) is 7.74. The van der Waals surface area contributed by atoms with Crippen molar-refractivity contribution in [2.45, 2.75) is 25.6 Å². The molecule has 13 heteroatoms. The molecule has 0 spiro atoms. The Bertz CT molecular complexity index is 1150. The second kappa shape index (κ2) is 10.1. The third-order valence-corrected chi connectivity index (χ3v) is 6.79. The molecular formula is C21H20Cl4N4O5. The van der Waals surface area contributed by atoms with E-state index in [1.54, 1.807) is 13.8 Å². The summed E-state index contributed by atoms with van der Waals surface area (Å²) >= 11 is 24.1. The molecule has 34 heavy (non-hydrogen) atoms. The zero-order valence-corrected chi connectivity index (χ0v) is 21.2. The summed E-state index contributed by atoms with van der Waals surface area (Å²) in [5.74, 6) is -0.680. The summed E-state index contributed by atoms with van der Waals surface area (Å²) in [5.41, 5.74) is -0.763. The van der Waals surface area contributed by atoms with E-state index < -0.39 is 36.3 Å². The Hall–Kier alpha value is -2.43. The normalized spacial score (nSPS) is 17.1. The molecule has 1 aliphatic rings. The Morgan fingerprint density at radius 2 is 1.65 bits per heavy atom. The lowest BCUT2D eigenvalue weighted by Gasteiger charge is -2.38. The Balaban J connectivity index is 2.01. The molecule has 0 saturated carbocycles. The fraction of sp³-hybridized carbons (Fsp3) is 0.286. The highest BCUT2D eigenvalue weighted by Crippen LogP contribution is 2.39. The molecule has 1 aliphatic heterocycles. The van der Waals surface area contributed by atoms with Gasteiger partial charge in [0.2, 0.25) is 0 Å². The first-order chi connectivity index (χ1) is 15.9. The number of esters is 1. The molecule has 0 unspecified atom stereocenters. The molecule has 2 aromatic carbocycles. The first kappa shape index (κ1) is 26.2. The van der Waals surface area contributed by atoms with Crippen LogP contribution in [0.3, 0.4) is 0 Å². The number of urea groups is 2. The van der Waals surface area contributed by atoms with Crippen LogP contribution in [-0.4, -0.2) is 58.6 Å². The van der Waals surface area contributed by atoms with E-state index in [4.69, 9.17) is 51.1 Å². The van der Waals surface area contributed by atoms with Crippen LogP contribution in [0.2, 0.25) is 20.1 Å². The summed E-state index contributed by atoms with van der Waals surface area (Å²) < 4.78 is 4.70. The maximum atomic E-state index is 13.4. The van der Waals surface area contributed by atoms with E-state index >= 15 is 0 Å². The number of carbonyl (C=O) groups is 3. The number of carbonyl (C=O) groups excluding carboxylic acids is 3. The minimum absolute atomic E-state index is 0.152. The van der Waals surface area contributed by atoms with Gasteiger partial charge in [-0.05, 0) is 50.2 Å². The lowest BCUT2D eigenvalue weighted by atomic mass is 10.00. The summed E-state index contributed by atoms with van der Waals surface area (Å²) in [5, 5.41) is 14.7. The molecule has 1 saturated heterocycles. The summed E-state index contributed by atoms with van der Waals surface area (Å²) in [6.07, 6.45) is -1.29. The highest BCUT2D eigenvalue weighted by molar-refractivity contribution is 6.42. The van der Waals surface area contributed by atoms with Crippen molar-refractivity contribution in [1.82, 2.24) is 9.96 Å². The number of methoxy groups -OCH3 is 1. The van der Waals surface area contributed by atoms with Crippen molar-refractivity contribution in [2.24, 2.45) is 0 Å². The zero-order valence-electron chi connectivity index (χ0n) is 18.2. The number of rotatable bonds is 5. The number of hydroxylamine groups is 2. The molecule has 3 rings (SSSR count). The summed E-state index contributed by atoms with van der Waals surface area (Å²) in [6, 6.07) is 7.13. The van der Waals surface area contributed by atoms with Crippen molar-refractivity contribution < 1.29 is 24.3 Å². The molecule has 0 aliphatic carbocycles. The van der Waals surface area contributed by atoms with Gasteiger partial charge < -0.3 is 15.0 Å². The molecule has 2 N–H and O–H groups in total. The monoisotopic (exact) mass is 548 g/mol. The number of halogens is 4. The number of nitrogens with one attached hydrogen (secondary N) is 1. The van der Waals surface area contributed by atoms with Gasteiger partial charge in [-0.1, -0.05) is 46.4 Å². The largest absolute Gasteiger partial charge is 0.468 e. The van der Waals surface area contributed by atoms with Crippen LogP contribution in [0.1, 0.15) is 13.8 Å². The molecule has 0 aromatic heterocycles. The maximum Gasteiger partial charge on any atom is 0.347 e. The van der Waals surface area contributed by atoms with Crippen LogP contribution in [0.25, 0.3) is 0 Å². The fourth-order valence-corrected chi connectivity index (χ4v) is 4.15. The third kappa shape index (κ3) is 4.99. The van der Waals surface area contributed by atoms with Crippen LogP contribution in [0.15, 0.2) is 36.4 Å². The molecule has 1 atom stereocenters. The first-order valence-corrected chi connectivity index (χ1v) is 11.3. The zero-order chi connectivity index (χ0) is 25.4. The van der Waals surface area contributed by atoms with Crippen molar-refractivity contribution in [3.05, 3.63) is 56.5 Å². The lowest BCUT2D eigenvalue weighted by Crippen LogP contribution is -2.58. The number of anilines is 2. The SMILES string of the molecule is COC(=O)CN1C(=O)N(c2ccc(Cl)c(Cl)c2)[C@H](N(O)C(=O)Nc2ccc(Cl)c(Cl)c2)C1(C)C. The molecule has 1 fully saturated rings. The smallest absolute Gasteiger partial charge is 0.347 e. The molecule has 0 radical (unpaired) electrons. The highest BCUT2D eigenvalue weighted by atomic mass is 35.5. The van der Waals surface area contributed by atoms with Crippen LogP contribution < -0.4 is 10.2 Å². The molecule has 4 amide bonds. The molecule has 1 heterocycles. The average molecular weight is 550 g/mol. The van der Waals surface area contributed by atoms with Gasteiger partial charge in [0.25, 0.3) is 0 Å². The number of hydrogen-bond donors (Lipinski definition) is 2. The van der Waals surface area contributed by atoms with E-state index in [1.165, 1.54) is 48.4 Å². The van der Waals surface area contributed by atoms with Crippen LogP contribution in [0.4, 0.5) is 21.0 Å². The predicted octanol–water partition coefficient (Wildman–Crippen LogP) is 5.74. The van der Waals surface area contributed by atoms with Gasteiger partial charge in [0, 0.05) is 11.4 Å². The van der Waals surface area contributed by atoms with Crippen LogP contribution in [0, 0.1) is 0 Å². The van der Waals surface area contributed by atoms with Gasteiger partial charge in [-0.2, -0.15) is 5.06 Å². The van der Waals surface area contributed by atoms with E-state index in [9.17, 15) is 19.6 Å². The minimum Gasteiger partial charge on any atom is -0.468 e. The maximum absolute atomic E-state index is 13.4. The van der Waals surface area contributed by atoms with E-state index in [0.29, 0.717) is 5.06 Å². The molecule has 0 bridgehead atoms. The van der Waals surface area contributed by atoms with E-state index in [0.717, 1.165) is 4.90 Å². The number of benzene rings is 2. The van der Waals surface area contributed by atoms with Gasteiger partial charge >= 0.3 is 18.0 Å². The van der Waals surface area contributed by atoms with Crippen molar-refractivity contribution >= 4 is 75.8 Å². The summed E-state index contributed by atoms with van der Waals surface area (Å²) in [6.45, 7) is 2.76. The topological polar surface area (TPSA) is 102 Å². The quantitative estimate of drug-likeness (QED) is 0.281. The second-order valence-corrected chi connectivity index (χ2v) is 9.47. The molecule has 182 valence electrons. The van der Waals surface area contributed by atoms with Crippen molar-refractivity contribution in [3.63, 3.8) is 0 Å². The van der Waals surface area contributed by atoms with Gasteiger partial charge in [-0.25, -0.2) is 9.59 Å². The van der Waals surface area contributed by atoms with Crippen LogP contribution >= 0.6 is 46.4 Å². The molecule has 2 aromatic rings. The van der Waals surface area contributed by atoms with Crippen molar-refractivity contribution in [3.8, 4) is 0 Å². The Labute approximate surface area is 215 Å². The van der Waals surface area contributed by atoms with E-state index in [1.807, 2.05) is 0 Å². The van der Waals surface area contributed by atoms with Gasteiger partial charge in [0.05, 0.1) is 32.7 Å². The number of ether oxygens (including phenoxy) is 1. The molecule has 9 nitrogen and oxygen atoms in total. The second-order valence-electron chi connectivity index (χ2n) is 7.84. The van der Waals surface area contributed by atoms with E-state index in [-0.39, 0.29) is 31.5 Å². The minimum atomic E-state index is -1.29. The van der Waals surface area contributed by atoms with Gasteiger partial charge in [0.1, 0.15) is 6.54 Å². The van der Waals surface area contributed by atoms with E-state index in [2.05, 4.69) is 5.32 Å². The average Bonchev–Trinajstić information content (AvgIpc) is 2.97. The fourth-order valence-electron chi connectivity index (χ4n) is 3.56. The van der Waals surface area contributed by atoms with Gasteiger partial charge in [0.15, 0.2) is 6.17 Å². The number of amides is 4. The summed E-state index contributed by atoms with van der Waals surface area (Å²) in [4.78, 5) is 40.7. The summed E-state index contributed by atoms with van der Waals surface area (Å²) in [7, 11) is 1.19. The van der Waals surface area contributed by atoms with Gasteiger partial charge in [-0.3, -0.25) is 14.9 Å². The first-order valence-electron chi connectivity index (χ1n) is 9.75. The van der Waals surface area contributed by atoms with Crippen molar-refractivity contribution in [2.75, 3.05) is 23.9 Å². The lowest BCUT2D eigenvalue weighted by molar-refractivity contribution is -0.143. The van der Waals surface area contributed by atoms with Crippen LogP contribution in [0.5, 0.6) is 0 Å². The third-order valence-electron chi connectivity index (χ3n) is 5.32. The number of nitrogens with zero attached hydrogens (tertiary/aromatic N) is 3. The number of hydrogen-bond acceptors (Lipinski definition) is 5. The highest BCUT2D eigenvalue weighted by Gasteiger charge is 2.56.